The molecule has 4 aromatic rings. The Morgan fingerprint density at radius 2 is 0.793 bits per heavy atom. The topological polar surface area (TPSA) is 54.4 Å². The maximum absolute atomic E-state index is 11.6. The molecular formula is C25H20O3S. The third-order valence-electron chi connectivity index (χ3n) is 5.21. The largest absolute Gasteiger partial charge is 0.294 e. The van der Waals surface area contributed by atoms with Crippen LogP contribution in [0.2, 0.25) is 0 Å². The molecule has 1 N–H and O–H groups in total. The predicted octanol–water partition coefficient (Wildman–Crippen LogP) is 5.32. The smallest absolute Gasteiger partial charge is 0.282 e. The van der Waals surface area contributed by atoms with Gasteiger partial charge in [-0.15, -0.1) is 0 Å². The van der Waals surface area contributed by atoms with E-state index < -0.39 is 15.5 Å². The van der Waals surface area contributed by atoms with Gasteiger partial charge >= 0.3 is 0 Å². The van der Waals surface area contributed by atoms with E-state index in [-0.39, 0.29) is 4.90 Å². The number of hydrogen-bond acceptors (Lipinski definition) is 2. The fourth-order valence-corrected chi connectivity index (χ4v) is 4.42. The van der Waals surface area contributed by atoms with Crippen LogP contribution >= 0.6 is 0 Å². The number of rotatable bonds is 5. The van der Waals surface area contributed by atoms with Crippen LogP contribution < -0.4 is 0 Å². The van der Waals surface area contributed by atoms with Crippen LogP contribution in [0.3, 0.4) is 0 Å². The first-order valence-corrected chi connectivity index (χ1v) is 10.7. The van der Waals surface area contributed by atoms with Crippen molar-refractivity contribution in [2.75, 3.05) is 0 Å². The molecule has 0 unspecified atom stereocenters. The van der Waals surface area contributed by atoms with Crippen molar-refractivity contribution < 1.29 is 13.0 Å². The Kier molecular flexibility index (Phi) is 5.05. The van der Waals surface area contributed by atoms with Crippen LogP contribution in [-0.4, -0.2) is 13.0 Å². The monoisotopic (exact) mass is 400 g/mol. The van der Waals surface area contributed by atoms with Gasteiger partial charge in [0.2, 0.25) is 0 Å². The summed E-state index contributed by atoms with van der Waals surface area (Å²) in [6, 6.07) is 36.9. The van der Waals surface area contributed by atoms with Gasteiger partial charge in [0.1, 0.15) is 0 Å². The van der Waals surface area contributed by atoms with Crippen molar-refractivity contribution >= 4 is 10.1 Å². The fraction of sp³-hybridized carbons (Fsp3) is 0.0400. The molecule has 0 amide bonds. The first kappa shape index (κ1) is 19.1. The second-order valence-electron chi connectivity index (χ2n) is 6.85. The third-order valence-corrected chi connectivity index (χ3v) is 6.07. The molecule has 3 nitrogen and oxygen atoms in total. The molecule has 0 bridgehead atoms. The maximum Gasteiger partial charge on any atom is 0.294 e. The summed E-state index contributed by atoms with van der Waals surface area (Å²) in [6.07, 6.45) is 0. The highest BCUT2D eigenvalue weighted by Gasteiger charge is 2.38. The molecule has 0 saturated carbocycles. The third kappa shape index (κ3) is 3.48. The quantitative estimate of drug-likeness (QED) is 0.365. The lowest BCUT2D eigenvalue weighted by Crippen LogP contribution is -2.31. The molecule has 0 aromatic heterocycles. The van der Waals surface area contributed by atoms with Gasteiger partial charge in [0.15, 0.2) is 0 Å². The summed E-state index contributed by atoms with van der Waals surface area (Å²) < 4.78 is 32.5. The zero-order chi connectivity index (χ0) is 20.3. The summed E-state index contributed by atoms with van der Waals surface area (Å²) in [4.78, 5) is -0.121. The van der Waals surface area contributed by atoms with Gasteiger partial charge in [-0.25, -0.2) is 0 Å². The summed E-state index contributed by atoms with van der Waals surface area (Å²) >= 11 is 0. The summed E-state index contributed by atoms with van der Waals surface area (Å²) in [5.41, 5.74) is 3.47. The van der Waals surface area contributed by atoms with Crippen LogP contribution in [0, 0.1) is 0 Å². The Balaban J connectivity index is 2.08. The second kappa shape index (κ2) is 7.66. The first-order valence-electron chi connectivity index (χ1n) is 9.27. The molecule has 4 aromatic carbocycles. The minimum Gasteiger partial charge on any atom is -0.282 e. The van der Waals surface area contributed by atoms with E-state index in [2.05, 4.69) is 36.4 Å². The average Bonchev–Trinajstić information content (AvgIpc) is 2.76. The van der Waals surface area contributed by atoms with Crippen LogP contribution in [0.5, 0.6) is 0 Å². The predicted molar refractivity (Wildman–Crippen MR) is 115 cm³/mol. The Labute approximate surface area is 171 Å². The lowest BCUT2D eigenvalue weighted by atomic mass is 9.65. The molecular weight excluding hydrogens is 380 g/mol. The van der Waals surface area contributed by atoms with Crippen LogP contribution in [0.1, 0.15) is 22.3 Å². The lowest BCUT2D eigenvalue weighted by Gasteiger charge is -2.36. The van der Waals surface area contributed by atoms with Gasteiger partial charge in [-0.1, -0.05) is 103 Å². The molecule has 0 radical (unpaired) electrons. The van der Waals surface area contributed by atoms with Crippen molar-refractivity contribution in [3.63, 3.8) is 0 Å². The molecule has 0 spiro atoms. The summed E-state index contributed by atoms with van der Waals surface area (Å²) in [6.45, 7) is 0. The normalized spacial score (nSPS) is 11.9. The Morgan fingerprint density at radius 3 is 1.10 bits per heavy atom. The second-order valence-corrected chi connectivity index (χ2v) is 8.27. The molecule has 0 aliphatic heterocycles. The average molecular weight is 400 g/mol. The van der Waals surface area contributed by atoms with Crippen molar-refractivity contribution in [2.45, 2.75) is 10.3 Å². The molecule has 4 heteroatoms. The highest BCUT2D eigenvalue weighted by atomic mass is 32.2. The molecule has 0 atom stereocenters. The number of benzene rings is 4. The highest BCUT2D eigenvalue weighted by molar-refractivity contribution is 7.85. The zero-order valence-corrected chi connectivity index (χ0v) is 16.5. The van der Waals surface area contributed by atoms with Gasteiger partial charge in [-0.05, 0) is 34.4 Å². The minimum atomic E-state index is -4.26. The van der Waals surface area contributed by atoms with Crippen molar-refractivity contribution in [2.24, 2.45) is 0 Å². The van der Waals surface area contributed by atoms with E-state index in [0.717, 1.165) is 22.3 Å². The standard InChI is InChI=1S/C25H20O3S/c26-29(27,28)24-18-16-23(17-19-24)25(20-10-4-1-5-11-20,21-12-6-2-7-13-21)22-14-8-3-9-15-22/h1-19H,(H,26,27,28). The van der Waals surface area contributed by atoms with Crippen LogP contribution in [0.4, 0.5) is 0 Å². The molecule has 144 valence electrons. The molecule has 29 heavy (non-hydrogen) atoms. The lowest BCUT2D eigenvalue weighted by molar-refractivity contribution is 0.483. The first-order chi connectivity index (χ1) is 14.0. The molecule has 0 aliphatic carbocycles. The van der Waals surface area contributed by atoms with Gasteiger partial charge in [-0.2, -0.15) is 8.42 Å². The summed E-state index contributed by atoms with van der Waals surface area (Å²) in [5.74, 6) is 0. The highest BCUT2D eigenvalue weighted by Crippen LogP contribution is 2.45. The van der Waals surface area contributed by atoms with Gasteiger partial charge in [0.25, 0.3) is 10.1 Å². The van der Waals surface area contributed by atoms with E-state index in [1.54, 1.807) is 12.1 Å². The molecule has 0 heterocycles. The zero-order valence-electron chi connectivity index (χ0n) is 15.6. The van der Waals surface area contributed by atoms with Crippen molar-refractivity contribution in [3.8, 4) is 0 Å². The van der Waals surface area contributed by atoms with Gasteiger partial charge in [0, 0.05) is 0 Å². The van der Waals surface area contributed by atoms with Gasteiger partial charge in [0.05, 0.1) is 10.3 Å². The van der Waals surface area contributed by atoms with Crippen molar-refractivity contribution in [1.82, 2.24) is 0 Å². The Hall–Kier alpha value is -3.21. The van der Waals surface area contributed by atoms with E-state index in [1.807, 2.05) is 54.6 Å². The van der Waals surface area contributed by atoms with E-state index in [0.29, 0.717) is 0 Å². The van der Waals surface area contributed by atoms with Crippen LogP contribution in [0.25, 0.3) is 0 Å². The summed E-state index contributed by atoms with van der Waals surface area (Å²) in [5, 5.41) is 0. The Morgan fingerprint density at radius 1 is 0.483 bits per heavy atom. The van der Waals surface area contributed by atoms with Crippen LogP contribution in [0.15, 0.2) is 120 Å². The Bertz CT molecular complexity index is 1090. The van der Waals surface area contributed by atoms with E-state index >= 15 is 0 Å². The van der Waals surface area contributed by atoms with Gasteiger partial charge in [-0.3, -0.25) is 4.55 Å². The molecule has 0 saturated heterocycles. The van der Waals surface area contributed by atoms with E-state index in [9.17, 15) is 13.0 Å². The fourth-order valence-electron chi connectivity index (χ4n) is 3.94. The van der Waals surface area contributed by atoms with Crippen molar-refractivity contribution in [3.05, 3.63) is 138 Å². The number of hydrogen-bond donors (Lipinski definition) is 1. The van der Waals surface area contributed by atoms with Crippen molar-refractivity contribution in [1.29, 1.82) is 0 Å². The maximum atomic E-state index is 11.6. The molecule has 4 rings (SSSR count). The van der Waals surface area contributed by atoms with E-state index in [4.69, 9.17) is 0 Å². The minimum absolute atomic E-state index is 0.121. The van der Waals surface area contributed by atoms with Gasteiger partial charge < -0.3 is 0 Å². The van der Waals surface area contributed by atoms with E-state index in [1.165, 1.54) is 12.1 Å². The summed E-state index contributed by atoms with van der Waals surface area (Å²) in [7, 11) is -4.26. The SMILES string of the molecule is O=S(=O)(O)c1ccc(C(c2ccccc2)(c2ccccc2)c2ccccc2)cc1. The molecule has 0 fully saturated rings. The van der Waals surface area contributed by atoms with Crippen LogP contribution in [-0.2, 0) is 15.5 Å². The molecule has 0 aliphatic rings.